The lowest BCUT2D eigenvalue weighted by Gasteiger charge is -2.62. The Kier molecular flexibility index (Phi) is 6.94. The first-order valence-corrected chi connectivity index (χ1v) is 13.9. The maximum absolute atomic E-state index is 12.5. The Labute approximate surface area is 229 Å². The molecule has 0 spiro atoms. The van der Waals surface area contributed by atoms with E-state index >= 15 is 0 Å². The fourth-order valence-electron chi connectivity index (χ4n) is 7.95. The van der Waals surface area contributed by atoms with Crippen molar-refractivity contribution < 1.29 is 23.5 Å². The van der Waals surface area contributed by atoms with Crippen molar-refractivity contribution in [2.45, 2.75) is 50.5 Å². The summed E-state index contributed by atoms with van der Waals surface area (Å²) in [5, 5.41) is 6.48. The van der Waals surface area contributed by atoms with Crippen LogP contribution in [0, 0.1) is 17.3 Å². The van der Waals surface area contributed by atoms with E-state index in [9.17, 15) is 9.59 Å². The summed E-state index contributed by atoms with van der Waals surface area (Å²) in [5.41, 5.74) is 2.90. The monoisotopic (exact) mass is 528 g/mol. The molecular weight excluding hydrogens is 492 g/mol. The Morgan fingerprint density at radius 3 is 2.51 bits per heavy atom. The summed E-state index contributed by atoms with van der Waals surface area (Å²) in [6.45, 7) is 1.72. The van der Waals surface area contributed by atoms with Crippen LogP contribution in [0.3, 0.4) is 0 Å². The highest BCUT2D eigenvalue weighted by Gasteiger charge is 2.57. The normalized spacial score (nSPS) is 26.8. The van der Waals surface area contributed by atoms with Gasteiger partial charge in [0.05, 0.1) is 25.5 Å². The third kappa shape index (κ3) is 5.46. The Morgan fingerprint density at radius 2 is 1.79 bits per heavy atom. The highest BCUT2D eigenvalue weighted by molar-refractivity contribution is 5.95. The van der Waals surface area contributed by atoms with Crippen LogP contribution in [-0.4, -0.2) is 32.1 Å². The second-order valence-corrected chi connectivity index (χ2v) is 11.9. The van der Waals surface area contributed by atoms with Gasteiger partial charge in [-0.1, -0.05) is 18.2 Å². The number of amides is 1. The Bertz CT molecular complexity index is 1300. The van der Waals surface area contributed by atoms with Gasteiger partial charge in [0.25, 0.3) is 5.91 Å². The molecule has 0 aliphatic heterocycles. The third-order valence-electron chi connectivity index (χ3n) is 8.97. The van der Waals surface area contributed by atoms with Crippen molar-refractivity contribution in [3.8, 4) is 5.75 Å². The van der Waals surface area contributed by atoms with Crippen molar-refractivity contribution in [3.05, 3.63) is 83.8 Å². The van der Waals surface area contributed by atoms with Crippen molar-refractivity contribution in [2.75, 3.05) is 25.6 Å². The molecule has 4 aliphatic rings. The highest BCUT2D eigenvalue weighted by atomic mass is 16.5. The lowest BCUT2D eigenvalue weighted by atomic mass is 9.43. The lowest BCUT2D eigenvalue weighted by molar-refractivity contribution is -0.118. The Morgan fingerprint density at radius 1 is 1.00 bits per heavy atom. The molecule has 39 heavy (non-hydrogen) atoms. The fourth-order valence-corrected chi connectivity index (χ4v) is 7.95. The number of benzene rings is 2. The van der Waals surface area contributed by atoms with Gasteiger partial charge in [-0.3, -0.25) is 4.79 Å². The molecule has 0 radical (unpaired) electrons. The van der Waals surface area contributed by atoms with E-state index in [2.05, 4.69) is 22.8 Å². The minimum absolute atomic E-state index is 0.110. The largest absolute Gasteiger partial charge is 0.484 e. The molecule has 4 bridgehead atoms. The minimum Gasteiger partial charge on any atom is -0.484 e. The zero-order valence-corrected chi connectivity index (χ0v) is 22.4. The van der Waals surface area contributed by atoms with E-state index in [1.165, 1.54) is 51.2 Å². The van der Waals surface area contributed by atoms with Crippen molar-refractivity contribution in [1.82, 2.24) is 5.32 Å². The van der Waals surface area contributed by atoms with E-state index in [1.807, 2.05) is 24.3 Å². The zero-order chi connectivity index (χ0) is 26.9. The number of anilines is 1. The molecule has 4 aliphatic carbocycles. The molecule has 2 unspecified atom stereocenters. The van der Waals surface area contributed by atoms with Crippen LogP contribution in [0.2, 0.25) is 0 Å². The topological polar surface area (TPSA) is 89.8 Å². The van der Waals surface area contributed by atoms with Gasteiger partial charge in [0.15, 0.2) is 6.61 Å². The van der Waals surface area contributed by atoms with Gasteiger partial charge in [0.2, 0.25) is 0 Å². The standard InChI is InChI=1S/C32H36N2O5/c1-37-30(36)24-4-2-5-26(13-24)34-29(35)19-39-27-9-7-25(8-10-27)32-16-22-12-23(17-32)15-31(14-22,20-32)21-33-18-28-6-3-11-38-28/h2-11,13,22-23,33H,12,14-21H2,1H3,(H,34,35). The second kappa shape index (κ2) is 10.5. The number of ether oxygens (including phenoxy) is 2. The number of carbonyl (C=O) groups excluding carboxylic acids is 2. The number of furan rings is 1. The predicted octanol–water partition coefficient (Wildman–Crippen LogP) is 5.71. The van der Waals surface area contributed by atoms with E-state index < -0.39 is 5.97 Å². The van der Waals surface area contributed by atoms with E-state index in [1.54, 1.807) is 30.5 Å². The first-order chi connectivity index (χ1) is 18.9. The first-order valence-electron chi connectivity index (χ1n) is 13.9. The van der Waals surface area contributed by atoms with Gasteiger partial charge < -0.3 is 24.5 Å². The van der Waals surface area contributed by atoms with Gasteiger partial charge in [-0.15, -0.1) is 0 Å². The summed E-state index contributed by atoms with van der Waals surface area (Å²) in [4.78, 5) is 24.2. The summed E-state index contributed by atoms with van der Waals surface area (Å²) in [5.74, 6) is 2.54. The minimum atomic E-state index is -0.447. The van der Waals surface area contributed by atoms with Crippen LogP contribution in [0.1, 0.15) is 60.2 Å². The molecule has 7 heteroatoms. The van der Waals surface area contributed by atoms with Crippen LogP contribution in [0.4, 0.5) is 5.69 Å². The van der Waals surface area contributed by atoms with E-state index in [-0.39, 0.29) is 17.9 Å². The molecule has 7 rings (SSSR count). The lowest BCUT2D eigenvalue weighted by Crippen LogP contribution is -2.56. The molecule has 2 N–H and O–H groups in total. The van der Waals surface area contributed by atoms with Crippen molar-refractivity contribution in [1.29, 1.82) is 0 Å². The summed E-state index contributed by atoms with van der Waals surface area (Å²) in [7, 11) is 1.33. The second-order valence-electron chi connectivity index (χ2n) is 11.9. The van der Waals surface area contributed by atoms with Crippen LogP contribution in [0.15, 0.2) is 71.3 Å². The molecule has 2 aromatic carbocycles. The van der Waals surface area contributed by atoms with Crippen molar-refractivity contribution in [2.24, 2.45) is 17.3 Å². The van der Waals surface area contributed by atoms with Crippen LogP contribution in [0.25, 0.3) is 0 Å². The molecule has 1 heterocycles. The quantitative estimate of drug-likeness (QED) is 0.328. The van der Waals surface area contributed by atoms with Crippen LogP contribution in [0.5, 0.6) is 5.75 Å². The number of methoxy groups -OCH3 is 1. The van der Waals surface area contributed by atoms with E-state index in [0.29, 0.717) is 22.4 Å². The van der Waals surface area contributed by atoms with Crippen molar-refractivity contribution >= 4 is 17.6 Å². The van der Waals surface area contributed by atoms with Crippen LogP contribution >= 0.6 is 0 Å². The van der Waals surface area contributed by atoms with E-state index in [0.717, 1.165) is 30.7 Å². The van der Waals surface area contributed by atoms with Gasteiger partial charge in [0, 0.05) is 12.2 Å². The third-order valence-corrected chi connectivity index (χ3v) is 8.97. The molecule has 0 saturated heterocycles. The van der Waals surface area contributed by atoms with Crippen molar-refractivity contribution in [3.63, 3.8) is 0 Å². The Hall–Kier alpha value is -3.58. The zero-order valence-electron chi connectivity index (χ0n) is 22.4. The smallest absolute Gasteiger partial charge is 0.337 e. The number of nitrogens with one attached hydrogen (secondary N) is 2. The van der Waals surface area contributed by atoms with E-state index in [4.69, 9.17) is 13.9 Å². The number of hydrogen-bond acceptors (Lipinski definition) is 6. The summed E-state index contributed by atoms with van der Waals surface area (Å²) in [6, 6.07) is 19.1. The number of rotatable bonds is 10. The molecule has 1 aromatic heterocycles. The summed E-state index contributed by atoms with van der Waals surface area (Å²) < 4.78 is 16.1. The van der Waals surface area contributed by atoms with Crippen LogP contribution < -0.4 is 15.4 Å². The molecule has 3 aromatic rings. The van der Waals surface area contributed by atoms with Gasteiger partial charge in [-0.25, -0.2) is 4.79 Å². The van der Waals surface area contributed by atoms with Gasteiger partial charge in [0.1, 0.15) is 11.5 Å². The molecular formula is C32H36N2O5. The number of esters is 1. The van der Waals surface area contributed by atoms with Gasteiger partial charge in [-0.2, -0.15) is 0 Å². The molecule has 1 amide bonds. The summed E-state index contributed by atoms with van der Waals surface area (Å²) >= 11 is 0. The average Bonchev–Trinajstić information content (AvgIpc) is 3.45. The maximum Gasteiger partial charge on any atom is 0.337 e. The fraction of sp³-hybridized carbons (Fsp3) is 0.438. The molecule has 4 saturated carbocycles. The molecule has 4 fully saturated rings. The average molecular weight is 529 g/mol. The maximum atomic E-state index is 12.5. The molecule has 7 nitrogen and oxygen atoms in total. The number of carbonyl (C=O) groups is 2. The highest BCUT2D eigenvalue weighted by Crippen LogP contribution is 2.65. The summed E-state index contributed by atoms with van der Waals surface area (Å²) in [6.07, 6.45) is 9.55. The van der Waals surface area contributed by atoms with Gasteiger partial charge >= 0.3 is 5.97 Å². The Balaban J connectivity index is 1.07. The number of hydrogen-bond donors (Lipinski definition) is 2. The predicted molar refractivity (Wildman–Crippen MR) is 148 cm³/mol. The SMILES string of the molecule is COC(=O)c1cccc(NC(=O)COc2ccc(C34CC5CC(CC(CNCc6ccco6)(C5)C3)C4)cc2)c1. The van der Waals surface area contributed by atoms with Gasteiger partial charge in [-0.05, 0) is 109 Å². The van der Waals surface area contributed by atoms with Crippen LogP contribution in [-0.2, 0) is 21.5 Å². The first kappa shape index (κ1) is 25.7. The molecule has 2 atom stereocenters. The molecule has 204 valence electrons.